The molecule has 0 saturated heterocycles. The van der Waals surface area contributed by atoms with Crippen LogP contribution in [-0.4, -0.2) is 21.6 Å². The van der Waals surface area contributed by atoms with E-state index in [1.54, 1.807) is 37.6 Å². The van der Waals surface area contributed by atoms with Crippen molar-refractivity contribution in [2.75, 3.05) is 0 Å². The fourth-order valence-corrected chi connectivity index (χ4v) is 2.95. The van der Waals surface area contributed by atoms with Gasteiger partial charge in [-0.05, 0) is 36.2 Å². The molecule has 3 aromatic rings. The molecule has 0 fully saturated rings. The van der Waals surface area contributed by atoms with Crippen LogP contribution in [0.3, 0.4) is 0 Å². The smallest absolute Gasteiger partial charge is 0.261 e. The molecule has 1 N–H and O–H groups in total. The number of halogens is 2. The third-order valence-corrected chi connectivity index (χ3v) is 4.51. The van der Waals surface area contributed by atoms with E-state index >= 15 is 0 Å². The van der Waals surface area contributed by atoms with Crippen molar-refractivity contribution >= 4 is 29.1 Å². The monoisotopic (exact) mass is 403 g/mol. The number of hydrogen-bond acceptors (Lipinski definition) is 3. The Balaban J connectivity index is 1.50. The summed E-state index contributed by atoms with van der Waals surface area (Å²) in [6, 6.07) is 13.0. The van der Waals surface area contributed by atoms with Crippen molar-refractivity contribution in [2.45, 2.75) is 26.1 Å². The van der Waals surface area contributed by atoms with Crippen LogP contribution in [0.5, 0.6) is 5.75 Å². The van der Waals surface area contributed by atoms with Gasteiger partial charge in [-0.3, -0.25) is 4.79 Å². The molecule has 1 heterocycles. The van der Waals surface area contributed by atoms with Crippen molar-refractivity contribution in [3.05, 3.63) is 82.4 Å². The predicted molar refractivity (Wildman–Crippen MR) is 106 cm³/mol. The molecule has 1 aromatic heterocycles. The van der Waals surface area contributed by atoms with Crippen molar-refractivity contribution in [3.8, 4) is 5.75 Å². The molecule has 27 heavy (non-hydrogen) atoms. The molecular formula is C20H19Cl2N3O2. The highest BCUT2D eigenvalue weighted by molar-refractivity contribution is 6.35. The van der Waals surface area contributed by atoms with E-state index in [9.17, 15) is 4.79 Å². The number of nitrogens with one attached hydrogen (secondary N) is 1. The first kappa shape index (κ1) is 19.3. The summed E-state index contributed by atoms with van der Waals surface area (Å²) in [4.78, 5) is 16.3. The Kier molecular flexibility index (Phi) is 6.37. The Bertz CT molecular complexity index is 896. The molecule has 0 radical (unpaired) electrons. The van der Waals surface area contributed by atoms with Gasteiger partial charge in [-0.25, -0.2) is 4.98 Å². The molecule has 1 unspecified atom stereocenters. The number of carbonyl (C=O) groups excluding carboxylic acids is 1. The summed E-state index contributed by atoms with van der Waals surface area (Å²) in [5.74, 6) is 0.205. The maximum atomic E-state index is 12.3. The molecule has 140 valence electrons. The zero-order chi connectivity index (χ0) is 19.2. The van der Waals surface area contributed by atoms with Crippen molar-refractivity contribution in [2.24, 2.45) is 0 Å². The van der Waals surface area contributed by atoms with E-state index in [4.69, 9.17) is 27.9 Å². The van der Waals surface area contributed by atoms with E-state index < -0.39 is 6.10 Å². The van der Waals surface area contributed by atoms with Crippen molar-refractivity contribution in [3.63, 3.8) is 0 Å². The number of nitrogens with zero attached hydrogens (tertiary/aromatic N) is 2. The number of imidazole rings is 1. The number of hydrogen-bond donors (Lipinski definition) is 1. The lowest BCUT2D eigenvalue weighted by Gasteiger charge is -2.16. The molecular weight excluding hydrogens is 385 g/mol. The summed E-state index contributed by atoms with van der Waals surface area (Å²) < 4.78 is 7.61. The molecule has 3 rings (SSSR count). The zero-order valence-corrected chi connectivity index (χ0v) is 16.2. The van der Waals surface area contributed by atoms with E-state index in [1.807, 2.05) is 35.0 Å². The van der Waals surface area contributed by atoms with Gasteiger partial charge in [-0.2, -0.15) is 0 Å². The second-order valence-corrected chi connectivity index (χ2v) is 6.95. The maximum Gasteiger partial charge on any atom is 0.261 e. The molecule has 5 nitrogen and oxygen atoms in total. The van der Waals surface area contributed by atoms with Gasteiger partial charge in [0.25, 0.3) is 5.91 Å². The predicted octanol–water partition coefficient (Wildman–Crippen LogP) is 4.32. The summed E-state index contributed by atoms with van der Waals surface area (Å²) in [5, 5.41) is 3.75. The third kappa shape index (κ3) is 5.49. The summed E-state index contributed by atoms with van der Waals surface area (Å²) >= 11 is 11.9. The minimum atomic E-state index is -0.677. The van der Waals surface area contributed by atoms with Crippen molar-refractivity contribution in [1.82, 2.24) is 14.9 Å². The van der Waals surface area contributed by atoms with Gasteiger partial charge in [0, 0.05) is 30.5 Å². The summed E-state index contributed by atoms with van der Waals surface area (Å²) in [5.41, 5.74) is 2.17. The molecule has 0 spiro atoms. The Labute approximate surface area is 167 Å². The number of ether oxygens (including phenoxy) is 1. The van der Waals surface area contributed by atoms with Crippen molar-refractivity contribution in [1.29, 1.82) is 0 Å². The van der Waals surface area contributed by atoms with Crippen LogP contribution in [0.15, 0.2) is 61.2 Å². The van der Waals surface area contributed by atoms with Crippen LogP contribution in [0.4, 0.5) is 0 Å². The first-order valence-electron chi connectivity index (χ1n) is 8.44. The van der Waals surface area contributed by atoms with Gasteiger partial charge in [-0.1, -0.05) is 47.5 Å². The van der Waals surface area contributed by atoms with Gasteiger partial charge in [0.1, 0.15) is 5.75 Å². The molecule has 1 atom stereocenters. The first-order valence-corrected chi connectivity index (χ1v) is 9.20. The molecule has 2 aromatic carbocycles. The zero-order valence-electron chi connectivity index (χ0n) is 14.7. The lowest BCUT2D eigenvalue weighted by atomic mass is 10.1. The lowest BCUT2D eigenvalue weighted by Crippen LogP contribution is -2.35. The maximum absolute atomic E-state index is 12.3. The van der Waals surface area contributed by atoms with Gasteiger partial charge >= 0.3 is 0 Å². The van der Waals surface area contributed by atoms with Gasteiger partial charge in [0.15, 0.2) is 6.10 Å². The molecule has 7 heteroatoms. The minimum absolute atomic E-state index is 0.219. The summed E-state index contributed by atoms with van der Waals surface area (Å²) in [6.07, 6.45) is 4.78. The average Bonchev–Trinajstić information content (AvgIpc) is 3.16. The Morgan fingerprint density at radius 1 is 1.19 bits per heavy atom. The highest BCUT2D eigenvalue weighted by Gasteiger charge is 2.16. The normalized spacial score (nSPS) is 11.8. The van der Waals surface area contributed by atoms with Gasteiger partial charge in [0.2, 0.25) is 0 Å². The Morgan fingerprint density at radius 2 is 1.93 bits per heavy atom. The van der Waals surface area contributed by atoms with E-state index in [0.717, 1.165) is 17.7 Å². The van der Waals surface area contributed by atoms with E-state index in [2.05, 4.69) is 10.3 Å². The molecule has 0 saturated carbocycles. The highest BCUT2D eigenvalue weighted by Crippen LogP contribution is 2.28. The Hall–Kier alpha value is -2.50. The standard InChI is InChI=1S/C20H19Cl2N3O2/c1-14(27-19-7-6-17(21)10-18(19)22)20(26)24-11-15-2-4-16(5-3-15)12-25-9-8-23-13-25/h2-10,13-14H,11-12H2,1H3,(H,24,26). The topological polar surface area (TPSA) is 56.1 Å². The van der Waals surface area contributed by atoms with E-state index in [-0.39, 0.29) is 5.91 Å². The second kappa shape index (κ2) is 8.93. The number of benzene rings is 2. The van der Waals surface area contributed by atoms with Crippen LogP contribution in [0.25, 0.3) is 0 Å². The van der Waals surface area contributed by atoms with E-state index in [1.165, 1.54) is 0 Å². The van der Waals surface area contributed by atoms with Gasteiger partial charge < -0.3 is 14.6 Å². The highest BCUT2D eigenvalue weighted by atomic mass is 35.5. The van der Waals surface area contributed by atoms with Crippen LogP contribution in [0, 0.1) is 0 Å². The summed E-state index contributed by atoms with van der Waals surface area (Å²) in [7, 11) is 0. The SMILES string of the molecule is CC(Oc1ccc(Cl)cc1Cl)C(=O)NCc1ccc(Cn2ccnc2)cc1. The quantitative estimate of drug-likeness (QED) is 0.638. The summed E-state index contributed by atoms with van der Waals surface area (Å²) in [6.45, 7) is 2.86. The van der Waals surface area contributed by atoms with Crippen LogP contribution >= 0.6 is 23.2 Å². The fourth-order valence-electron chi connectivity index (χ4n) is 2.50. The minimum Gasteiger partial charge on any atom is -0.479 e. The van der Waals surface area contributed by atoms with Crippen LogP contribution < -0.4 is 10.1 Å². The molecule has 0 aliphatic rings. The molecule has 0 aliphatic heterocycles. The van der Waals surface area contributed by atoms with Gasteiger partial charge in [-0.15, -0.1) is 0 Å². The molecule has 0 aliphatic carbocycles. The molecule has 1 amide bonds. The number of carbonyl (C=O) groups is 1. The Morgan fingerprint density at radius 3 is 2.59 bits per heavy atom. The number of amides is 1. The van der Waals surface area contributed by atoms with Gasteiger partial charge in [0.05, 0.1) is 11.3 Å². The fraction of sp³-hybridized carbons (Fsp3) is 0.200. The van der Waals surface area contributed by atoms with E-state index in [0.29, 0.717) is 22.3 Å². The van der Waals surface area contributed by atoms with Crippen LogP contribution in [0.2, 0.25) is 10.0 Å². The largest absolute Gasteiger partial charge is 0.479 e. The number of aromatic nitrogens is 2. The van der Waals surface area contributed by atoms with Crippen LogP contribution in [-0.2, 0) is 17.9 Å². The second-order valence-electron chi connectivity index (χ2n) is 6.10. The average molecular weight is 404 g/mol. The van der Waals surface area contributed by atoms with Crippen molar-refractivity contribution < 1.29 is 9.53 Å². The third-order valence-electron chi connectivity index (χ3n) is 3.98. The number of rotatable bonds is 7. The molecule has 0 bridgehead atoms. The van der Waals surface area contributed by atoms with Crippen LogP contribution in [0.1, 0.15) is 18.1 Å². The lowest BCUT2D eigenvalue weighted by molar-refractivity contribution is -0.127. The first-order chi connectivity index (χ1) is 13.0.